The highest BCUT2D eigenvalue weighted by Gasteiger charge is 2.36. The summed E-state index contributed by atoms with van der Waals surface area (Å²) < 4.78 is 6.80. The highest BCUT2D eigenvalue weighted by Crippen LogP contribution is 2.52. The maximum Gasteiger partial charge on any atom is 0.160 e. The van der Waals surface area contributed by atoms with Crippen LogP contribution in [0, 0.1) is 0 Å². The normalized spacial score (nSPS) is 13.3. The van der Waals surface area contributed by atoms with E-state index in [0.717, 1.165) is 39.0 Å². The van der Waals surface area contributed by atoms with Gasteiger partial charge in [-0.1, -0.05) is 135 Å². The van der Waals surface area contributed by atoms with Crippen molar-refractivity contribution >= 4 is 49.8 Å². The molecule has 8 aromatic rings. The molecule has 0 bridgehead atoms. The standard InChI is InChI=1S/C43H31NO/c1-43(2)36-21-11-8-19-33(36)34-25-24-30(27-37(34)43)44(38-22-12-9-17-31(38)28-14-4-3-5-15-28)39-26-29-16-6-7-18-32(29)41-35-20-10-13-23-40(35)45-42(39)41/h3-27H,1-2H3. The molecule has 0 aliphatic heterocycles. The average Bonchev–Trinajstić information content (AvgIpc) is 3.59. The van der Waals surface area contributed by atoms with E-state index in [1.54, 1.807) is 0 Å². The quantitative estimate of drug-likeness (QED) is 0.207. The molecule has 1 aliphatic carbocycles. The summed E-state index contributed by atoms with van der Waals surface area (Å²) in [5.74, 6) is 0. The smallest absolute Gasteiger partial charge is 0.160 e. The van der Waals surface area contributed by atoms with Gasteiger partial charge in [-0.2, -0.15) is 0 Å². The van der Waals surface area contributed by atoms with Crippen molar-refractivity contribution < 1.29 is 4.42 Å². The van der Waals surface area contributed by atoms with Crippen molar-refractivity contribution in [2.75, 3.05) is 4.90 Å². The van der Waals surface area contributed by atoms with Crippen LogP contribution in [0.4, 0.5) is 17.1 Å². The van der Waals surface area contributed by atoms with Crippen LogP contribution >= 0.6 is 0 Å². The summed E-state index contributed by atoms with van der Waals surface area (Å²) in [6, 6.07) is 54.6. The molecule has 2 nitrogen and oxygen atoms in total. The maximum absolute atomic E-state index is 6.80. The summed E-state index contributed by atoms with van der Waals surface area (Å²) in [4.78, 5) is 2.42. The topological polar surface area (TPSA) is 16.4 Å². The van der Waals surface area contributed by atoms with Crippen LogP contribution in [0.1, 0.15) is 25.0 Å². The van der Waals surface area contributed by atoms with Gasteiger partial charge >= 0.3 is 0 Å². The first-order valence-corrected chi connectivity index (χ1v) is 15.6. The Bertz CT molecular complexity index is 2410. The molecular weight excluding hydrogens is 546 g/mol. The molecule has 0 saturated carbocycles. The van der Waals surface area contributed by atoms with E-state index in [1.807, 2.05) is 0 Å². The fourth-order valence-electron chi connectivity index (χ4n) is 7.49. The van der Waals surface area contributed by atoms with Gasteiger partial charge in [-0.15, -0.1) is 0 Å². The second kappa shape index (κ2) is 9.70. The van der Waals surface area contributed by atoms with Crippen LogP contribution in [-0.2, 0) is 5.41 Å². The molecule has 0 saturated heterocycles. The Kier molecular flexibility index (Phi) is 5.58. The van der Waals surface area contributed by atoms with Gasteiger partial charge in [0.15, 0.2) is 5.58 Å². The van der Waals surface area contributed by atoms with Crippen molar-refractivity contribution in [1.82, 2.24) is 0 Å². The van der Waals surface area contributed by atoms with E-state index in [0.29, 0.717) is 0 Å². The van der Waals surface area contributed by atoms with Crippen LogP contribution in [0.2, 0.25) is 0 Å². The Labute approximate surface area is 262 Å². The van der Waals surface area contributed by atoms with Crippen molar-refractivity contribution in [3.8, 4) is 22.3 Å². The number of hydrogen-bond acceptors (Lipinski definition) is 2. The first-order chi connectivity index (χ1) is 22.1. The largest absolute Gasteiger partial charge is 0.454 e. The van der Waals surface area contributed by atoms with E-state index in [-0.39, 0.29) is 5.41 Å². The Morgan fingerprint density at radius 3 is 2.04 bits per heavy atom. The van der Waals surface area contributed by atoms with Gasteiger partial charge in [0, 0.05) is 27.4 Å². The minimum absolute atomic E-state index is 0.120. The second-order valence-electron chi connectivity index (χ2n) is 12.5. The Hall–Kier alpha value is -5.60. The van der Waals surface area contributed by atoms with Crippen molar-refractivity contribution in [1.29, 1.82) is 0 Å². The van der Waals surface area contributed by atoms with Crippen LogP contribution in [-0.4, -0.2) is 0 Å². The van der Waals surface area contributed by atoms with Crippen molar-refractivity contribution in [2.24, 2.45) is 0 Å². The summed E-state index contributed by atoms with van der Waals surface area (Å²) >= 11 is 0. The Morgan fingerprint density at radius 1 is 0.511 bits per heavy atom. The van der Waals surface area contributed by atoms with Crippen molar-refractivity contribution in [3.05, 3.63) is 163 Å². The molecule has 2 heteroatoms. The second-order valence-corrected chi connectivity index (χ2v) is 12.5. The van der Waals surface area contributed by atoms with E-state index in [1.165, 1.54) is 44.2 Å². The van der Waals surface area contributed by atoms with Crippen LogP contribution < -0.4 is 4.90 Å². The van der Waals surface area contributed by atoms with Crippen molar-refractivity contribution in [2.45, 2.75) is 19.3 Å². The molecule has 0 unspecified atom stereocenters. The predicted molar refractivity (Wildman–Crippen MR) is 189 cm³/mol. The number of rotatable bonds is 4. The summed E-state index contributed by atoms with van der Waals surface area (Å²) in [6.07, 6.45) is 0. The van der Waals surface area contributed by atoms with Crippen LogP contribution in [0.5, 0.6) is 0 Å². The van der Waals surface area contributed by atoms with Gasteiger partial charge in [-0.25, -0.2) is 0 Å². The van der Waals surface area contributed by atoms with Gasteiger partial charge in [0.1, 0.15) is 5.58 Å². The molecule has 0 fully saturated rings. The minimum Gasteiger partial charge on any atom is -0.454 e. The van der Waals surface area contributed by atoms with E-state index in [4.69, 9.17) is 4.42 Å². The SMILES string of the molecule is CC1(C)c2ccccc2-c2ccc(N(c3ccccc3-c3ccccc3)c3cc4ccccc4c4c3oc3ccccc34)cc21. The van der Waals surface area contributed by atoms with E-state index in [2.05, 4.69) is 170 Å². The number of nitrogens with zero attached hydrogens (tertiary/aromatic N) is 1. The molecule has 0 atom stereocenters. The Morgan fingerprint density at radius 2 is 1.18 bits per heavy atom. The zero-order valence-corrected chi connectivity index (χ0v) is 25.3. The van der Waals surface area contributed by atoms with Gasteiger partial charge in [0.2, 0.25) is 0 Å². The zero-order valence-electron chi connectivity index (χ0n) is 25.3. The predicted octanol–water partition coefficient (Wildman–Crippen LogP) is 12.2. The third-order valence-corrected chi connectivity index (χ3v) is 9.65. The van der Waals surface area contributed by atoms with Gasteiger partial charge in [0.25, 0.3) is 0 Å². The molecule has 0 spiro atoms. The fraction of sp³-hybridized carbons (Fsp3) is 0.0698. The van der Waals surface area contributed by atoms with Gasteiger partial charge < -0.3 is 9.32 Å². The van der Waals surface area contributed by atoms with E-state index < -0.39 is 0 Å². The van der Waals surface area contributed by atoms with Gasteiger partial charge in [0.05, 0.1) is 11.4 Å². The molecule has 1 heterocycles. The van der Waals surface area contributed by atoms with Gasteiger partial charge in [-0.3, -0.25) is 0 Å². The number of anilines is 3. The summed E-state index contributed by atoms with van der Waals surface area (Å²) in [5.41, 5.74) is 12.6. The molecule has 0 amide bonds. The van der Waals surface area contributed by atoms with Gasteiger partial charge in [-0.05, 0) is 68.9 Å². The lowest BCUT2D eigenvalue weighted by atomic mass is 9.82. The molecule has 9 rings (SSSR count). The molecule has 1 aliphatic rings. The first kappa shape index (κ1) is 25.9. The number of hydrogen-bond donors (Lipinski definition) is 0. The maximum atomic E-state index is 6.80. The van der Waals surface area contributed by atoms with E-state index in [9.17, 15) is 0 Å². The lowest BCUT2D eigenvalue weighted by Gasteiger charge is -2.30. The molecular formula is C43H31NO. The monoisotopic (exact) mass is 577 g/mol. The van der Waals surface area contributed by atoms with Crippen LogP contribution in [0.15, 0.2) is 156 Å². The molecule has 1 aromatic heterocycles. The number of furan rings is 1. The van der Waals surface area contributed by atoms with E-state index >= 15 is 0 Å². The third-order valence-electron chi connectivity index (χ3n) is 9.65. The first-order valence-electron chi connectivity index (χ1n) is 15.6. The summed E-state index contributed by atoms with van der Waals surface area (Å²) in [7, 11) is 0. The van der Waals surface area contributed by atoms with Crippen LogP contribution in [0.25, 0.3) is 55.0 Å². The average molecular weight is 578 g/mol. The number of fused-ring (bicyclic) bond motifs is 8. The minimum atomic E-state index is -0.120. The molecule has 45 heavy (non-hydrogen) atoms. The highest BCUT2D eigenvalue weighted by atomic mass is 16.3. The zero-order chi connectivity index (χ0) is 30.1. The number of benzene rings is 7. The van der Waals surface area contributed by atoms with Crippen molar-refractivity contribution in [3.63, 3.8) is 0 Å². The molecule has 214 valence electrons. The fourth-order valence-corrected chi connectivity index (χ4v) is 7.49. The summed E-state index contributed by atoms with van der Waals surface area (Å²) in [6.45, 7) is 4.69. The molecule has 7 aromatic carbocycles. The molecule has 0 N–H and O–H groups in total. The lowest BCUT2D eigenvalue weighted by Crippen LogP contribution is -2.17. The third kappa shape index (κ3) is 3.82. The lowest BCUT2D eigenvalue weighted by molar-refractivity contribution is 0.660. The Balaban J connectivity index is 1.39. The number of para-hydroxylation sites is 2. The highest BCUT2D eigenvalue weighted by molar-refractivity contribution is 6.23. The summed E-state index contributed by atoms with van der Waals surface area (Å²) in [5, 5.41) is 4.66. The van der Waals surface area contributed by atoms with Crippen LogP contribution in [0.3, 0.4) is 0 Å². The molecule has 0 radical (unpaired) electrons.